The number of aliphatic hydroxyl groups excluding tert-OH is 2. The van der Waals surface area contributed by atoms with E-state index in [1.54, 1.807) is 6.08 Å². The van der Waals surface area contributed by atoms with E-state index in [0.717, 1.165) is 38.5 Å². The Morgan fingerprint density at radius 3 is 0.845 bits per heavy atom. The Labute approximate surface area is 526 Å². The van der Waals surface area contributed by atoms with Crippen molar-refractivity contribution in [2.45, 2.75) is 450 Å². The summed E-state index contributed by atoms with van der Waals surface area (Å²) in [6.07, 6.45) is 94.3. The molecule has 2 atom stereocenters. The van der Waals surface area contributed by atoms with E-state index in [-0.39, 0.29) is 18.5 Å². The Morgan fingerprint density at radius 2 is 0.560 bits per heavy atom. The van der Waals surface area contributed by atoms with Crippen LogP contribution in [0, 0.1) is 0 Å². The molecule has 0 rings (SSSR count). The van der Waals surface area contributed by atoms with Crippen molar-refractivity contribution in [1.29, 1.82) is 0 Å². The SMILES string of the molecule is CCCCCCCCCCCCCCCCCCCCCC/C=C/C(O)C(CO)NC(=O)CCCCCCCCCCCC/C=C\CCCCCCCCCCCCCCOC(=O)CCCCCCCCCCCCCCCCCCCCC. The van der Waals surface area contributed by atoms with E-state index in [1.165, 1.54) is 372 Å². The number of nitrogens with one attached hydrogen (secondary N) is 1. The average Bonchev–Trinajstić information content (AvgIpc) is 3.51. The van der Waals surface area contributed by atoms with Gasteiger partial charge in [0.25, 0.3) is 0 Å². The maximum atomic E-state index is 12.5. The number of rotatable bonds is 73. The third kappa shape index (κ3) is 69.4. The quantitative estimate of drug-likeness (QED) is 0.0320. The van der Waals surface area contributed by atoms with Crippen molar-refractivity contribution in [2.75, 3.05) is 13.2 Å². The molecule has 498 valence electrons. The van der Waals surface area contributed by atoms with Crippen LogP contribution >= 0.6 is 0 Å². The number of carbonyl (C=O) groups is 2. The van der Waals surface area contributed by atoms with E-state index in [1.807, 2.05) is 6.08 Å². The summed E-state index contributed by atoms with van der Waals surface area (Å²) in [6.45, 7) is 4.96. The normalized spacial score (nSPS) is 12.6. The molecule has 2 unspecified atom stereocenters. The lowest BCUT2D eigenvalue weighted by atomic mass is 10.0. The smallest absolute Gasteiger partial charge is 0.305 e. The molecule has 0 aromatic heterocycles. The summed E-state index contributed by atoms with van der Waals surface area (Å²) in [5, 5.41) is 23.3. The summed E-state index contributed by atoms with van der Waals surface area (Å²) in [4.78, 5) is 24.7. The Bertz CT molecular complexity index is 1320. The molecule has 0 bridgehead atoms. The fraction of sp³-hybridized carbons (Fsp3) is 0.923. The van der Waals surface area contributed by atoms with Crippen molar-refractivity contribution < 1.29 is 24.5 Å². The summed E-state index contributed by atoms with van der Waals surface area (Å²) >= 11 is 0. The van der Waals surface area contributed by atoms with Crippen molar-refractivity contribution in [3.8, 4) is 0 Å². The van der Waals surface area contributed by atoms with Crippen LogP contribution < -0.4 is 5.32 Å². The van der Waals surface area contributed by atoms with E-state index >= 15 is 0 Å². The molecule has 3 N–H and O–H groups in total. The summed E-state index contributed by atoms with van der Waals surface area (Å²) < 4.78 is 5.52. The summed E-state index contributed by atoms with van der Waals surface area (Å²) in [6, 6.07) is -0.630. The molecule has 0 aliphatic rings. The number of allylic oxidation sites excluding steroid dienone is 3. The number of hydrogen-bond donors (Lipinski definition) is 3. The van der Waals surface area contributed by atoms with Gasteiger partial charge in [-0.1, -0.05) is 391 Å². The van der Waals surface area contributed by atoms with Crippen LogP contribution in [-0.2, 0) is 14.3 Å². The van der Waals surface area contributed by atoms with Crippen LogP contribution in [0.25, 0.3) is 0 Å². The molecule has 0 aliphatic heterocycles. The zero-order valence-corrected chi connectivity index (χ0v) is 57.2. The van der Waals surface area contributed by atoms with Crippen molar-refractivity contribution in [3.63, 3.8) is 0 Å². The van der Waals surface area contributed by atoms with Gasteiger partial charge in [0.2, 0.25) is 5.91 Å². The van der Waals surface area contributed by atoms with Crippen LogP contribution in [0.3, 0.4) is 0 Å². The molecular weight excluding hydrogens is 1030 g/mol. The summed E-state index contributed by atoms with van der Waals surface area (Å²) in [5.74, 6) is -0.0453. The van der Waals surface area contributed by atoms with Gasteiger partial charge in [-0.15, -0.1) is 0 Å². The van der Waals surface area contributed by atoms with Crippen LogP contribution in [0.5, 0.6) is 0 Å². The van der Waals surface area contributed by atoms with E-state index < -0.39 is 12.1 Å². The van der Waals surface area contributed by atoms with Gasteiger partial charge in [-0.2, -0.15) is 0 Å². The summed E-state index contributed by atoms with van der Waals surface area (Å²) in [5.41, 5.74) is 0. The van der Waals surface area contributed by atoms with Crippen molar-refractivity contribution >= 4 is 11.9 Å². The van der Waals surface area contributed by atoms with Gasteiger partial charge < -0.3 is 20.3 Å². The number of esters is 1. The first-order valence-electron chi connectivity index (χ1n) is 38.6. The lowest BCUT2D eigenvalue weighted by Crippen LogP contribution is -2.45. The first-order chi connectivity index (χ1) is 41.5. The number of hydrogen-bond acceptors (Lipinski definition) is 5. The van der Waals surface area contributed by atoms with Crippen molar-refractivity contribution in [1.82, 2.24) is 5.32 Å². The van der Waals surface area contributed by atoms with E-state index in [0.29, 0.717) is 19.4 Å². The second-order valence-corrected chi connectivity index (χ2v) is 26.7. The van der Waals surface area contributed by atoms with Gasteiger partial charge in [-0.25, -0.2) is 0 Å². The minimum Gasteiger partial charge on any atom is -0.466 e. The van der Waals surface area contributed by atoms with Gasteiger partial charge in [0, 0.05) is 12.8 Å². The first kappa shape index (κ1) is 82.3. The van der Waals surface area contributed by atoms with Gasteiger partial charge in [0.1, 0.15) is 0 Å². The predicted octanol–water partition coefficient (Wildman–Crippen LogP) is 25.3. The molecular formula is C78H151NO5. The van der Waals surface area contributed by atoms with Gasteiger partial charge in [-0.05, 0) is 57.8 Å². The molecule has 0 saturated heterocycles. The minimum absolute atomic E-state index is 0.0198. The summed E-state index contributed by atoms with van der Waals surface area (Å²) in [7, 11) is 0. The third-order valence-electron chi connectivity index (χ3n) is 18.2. The number of unbranched alkanes of at least 4 members (excludes halogenated alkanes) is 60. The molecule has 0 spiro atoms. The van der Waals surface area contributed by atoms with Crippen molar-refractivity contribution in [3.05, 3.63) is 24.3 Å². The van der Waals surface area contributed by atoms with Crippen molar-refractivity contribution in [2.24, 2.45) is 0 Å². The van der Waals surface area contributed by atoms with Crippen LogP contribution in [0.1, 0.15) is 438 Å². The van der Waals surface area contributed by atoms with Gasteiger partial charge in [0.15, 0.2) is 0 Å². The molecule has 0 fully saturated rings. The molecule has 0 radical (unpaired) electrons. The van der Waals surface area contributed by atoms with Crippen LogP contribution in [0.15, 0.2) is 24.3 Å². The molecule has 0 saturated carbocycles. The maximum absolute atomic E-state index is 12.5. The van der Waals surface area contributed by atoms with Gasteiger partial charge in [0.05, 0.1) is 25.4 Å². The first-order valence-corrected chi connectivity index (χ1v) is 38.6. The van der Waals surface area contributed by atoms with E-state index in [2.05, 4.69) is 31.3 Å². The highest BCUT2D eigenvalue weighted by molar-refractivity contribution is 5.76. The largest absolute Gasteiger partial charge is 0.466 e. The Balaban J connectivity index is 3.39. The fourth-order valence-corrected chi connectivity index (χ4v) is 12.3. The van der Waals surface area contributed by atoms with Crippen LogP contribution in [0.2, 0.25) is 0 Å². The molecule has 6 nitrogen and oxygen atoms in total. The number of ether oxygens (including phenoxy) is 1. The molecule has 6 heteroatoms. The zero-order chi connectivity index (χ0) is 60.6. The van der Waals surface area contributed by atoms with E-state index in [4.69, 9.17) is 4.74 Å². The second-order valence-electron chi connectivity index (χ2n) is 26.7. The molecule has 84 heavy (non-hydrogen) atoms. The monoisotopic (exact) mass is 1180 g/mol. The average molecular weight is 1180 g/mol. The van der Waals surface area contributed by atoms with Gasteiger partial charge >= 0.3 is 5.97 Å². The standard InChI is InChI=1S/C78H151NO5/c1-3-5-7-9-11-13-15-17-19-21-23-24-31-35-38-42-46-50-54-58-62-66-70-76(81)75(74-80)79-77(82)71-67-63-59-55-51-47-43-39-36-32-29-27-25-26-28-30-33-37-41-45-49-53-57-61-65-69-73-84-78(83)72-68-64-60-56-52-48-44-40-34-22-20-18-16-14-12-10-8-6-4-2/h25,27,66,70,75-76,80-81H,3-24,26,28-65,67-69,71-74H2,1-2H3,(H,79,82)/b27-25-,70-66+. The molecule has 0 aliphatic carbocycles. The number of amides is 1. The second kappa shape index (κ2) is 73.8. The molecule has 0 heterocycles. The van der Waals surface area contributed by atoms with Crippen LogP contribution in [0.4, 0.5) is 0 Å². The zero-order valence-electron chi connectivity index (χ0n) is 57.2. The highest BCUT2D eigenvalue weighted by Crippen LogP contribution is 2.20. The predicted molar refractivity (Wildman–Crippen MR) is 370 cm³/mol. The molecule has 0 aromatic carbocycles. The lowest BCUT2D eigenvalue weighted by Gasteiger charge is -2.20. The van der Waals surface area contributed by atoms with Crippen LogP contribution in [-0.4, -0.2) is 47.4 Å². The number of carbonyl (C=O) groups excluding carboxylic acids is 2. The third-order valence-corrected chi connectivity index (χ3v) is 18.2. The topological polar surface area (TPSA) is 95.9 Å². The van der Waals surface area contributed by atoms with E-state index in [9.17, 15) is 19.8 Å². The number of aliphatic hydroxyl groups is 2. The molecule has 0 aromatic rings. The fourth-order valence-electron chi connectivity index (χ4n) is 12.3. The Morgan fingerprint density at radius 1 is 0.321 bits per heavy atom. The maximum Gasteiger partial charge on any atom is 0.305 e. The highest BCUT2D eigenvalue weighted by Gasteiger charge is 2.18. The molecule has 1 amide bonds. The van der Waals surface area contributed by atoms with Gasteiger partial charge in [-0.3, -0.25) is 9.59 Å². The Kier molecular flexibility index (Phi) is 72.3. The minimum atomic E-state index is -0.847. The lowest BCUT2D eigenvalue weighted by molar-refractivity contribution is -0.143. The Hall–Kier alpha value is -1.66. The highest BCUT2D eigenvalue weighted by atomic mass is 16.5.